The van der Waals surface area contributed by atoms with Gasteiger partial charge in [0.1, 0.15) is 0 Å². The van der Waals surface area contributed by atoms with Crippen LogP contribution in [0.5, 0.6) is 0 Å². The highest BCUT2D eigenvalue weighted by Crippen LogP contribution is 2.34. The monoisotopic (exact) mass is 173 g/mol. The van der Waals surface area contributed by atoms with Crippen LogP contribution in [0.2, 0.25) is 0 Å². The minimum atomic E-state index is -0.818. The van der Waals surface area contributed by atoms with Crippen molar-refractivity contribution in [2.75, 3.05) is 0 Å². The van der Waals surface area contributed by atoms with Gasteiger partial charge in [-0.05, 0) is 27.2 Å². The smallest absolute Gasteiger partial charge is 0.311 e. The Kier molecular flexibility index (Phi) is 3.27. The molecule has 3 nitrogen and oxygen atoms in total. The maximum atomic E-state index is 11.0. The molecule has 72 valence electrons. The third kappa shape index (κ3) is 1.97. The molecule has 0 rings (SSSR count). The van der Waals surface area contributed by atoms with E-state index < -0.39 is 16.9 Å². The van der Waals surface area contributed by atoms with Crippen molar-refractivity contribution in [3.8, 4) is 0 Å². The van der Waals surface area contributed by atoms with Crippen LogP contribution in [0.15, 0.2) is 0 Å². The SMILES string of the molecule is CCCC(C)(C(=O)O)C(C)(C)N. The van der Waals surface area contributed by atoms with Crippen molar-refractivity contribution in [2.24, 2.45) is 11.1 Å². The van der Waals surface area contributed by atoms with Crippen LogP contribution in [0, 0.1) is 5.41 Å². The standard InChI is InChI=1S/C9H19NO2/c1-5-6-9(4,7(11)12)8(2,3)10/h5-6,10H2,1-4H3,(H,11,12). The lowest BCUT2D eigenvalue weighted by atomic mass is 9.70. The summed E-state index contributed by atoms with van der Waals surface area (Å²) in [6, 6.07) is 0. The molecule has 0 fully saturated rings. The number of carboxylic acids is 1. The first-order valence-electron chi connectivity index (χ1n) is 4.28. The summed E-state index contributed by atoms with van der Waals surface area (Å²) >= 11 is 0. The van der Waals surface area contributed by atoms with E-state index in [1.807, 2.05) is 6.92 Å². The van der Waals surface area contributed by atoms with Crippen molar-refractivity contribution < 1.29 is 9.90 Å². The van der Waals surface area contributed by atoms with Crippen molar-refractivity contribution >= 4 is 5.97 Å². The molecule has 12 heavy (non-hydrogen) atoms. The van der Waals surface area contributed by atoms with Gasteiger partial charge in [0.25, 0.3) is 0 Å². The fourth-order valence-corrected chi connectivity index (χ4v) is 1.20. The fourth-order valence-electron chi connectivity index (χ4n) is 1.20. The van der Waals surface area contributed by atoms with E-state index in [0.29, 0.717) is 6.42 Å². The summed E-state index contributed by atoms with van der Waals surface area (Å²) in [4.78, 5) is 11.0. The fraction of sp³-hybridized carbons (Fsp3) is 0.889. The average Bonchev–Trinajstić information content (AvgIpc) is 1.85. The summed E-state index contributed by atoms with van der Waals surface area (Å²) in [5.74, 6) is -0.808. The van der Waals surface area contributed by atoms with E-state index >= 15 is 0 Å². The van der Waals surface area contributed by atoms with Gasteiger partial charge in [-0.3, -0.25) is 4.79 Å². The van der Waals surface area contributed by atoms with E-state index in [-0.39, 0.29) is 0 Å². The van der Waals surface area contributed by atoms with Crippen LogP contribution in [0.25, 0.3) is 0 Å². The maximum absolute atomic E-state index is 11.0. The molecule has 0 aromatic rings. The van der Waals surface area contributed by atoms with E-state index in [0.717, 1.165) is 6.42 Å². The third-order valence-electron chi connectivity index (χ3n) is 2.64. The highest BCUT2D eigenvalue weighted by Gasteiger charge is 2.44. The molecule has 3 N–H and O–H groups in total. The van der Waals surface area contributed by atoms with E-state index in [1.54, 1.807) is 20.8 Å². The maximum Gasteiger partial charge on any atom is 0.311 e. The zero-order valence-corrected chi connectivity index (χ0v) is 8.35. The van der Waals surface area contributed by atoms with Gasteiger partial charge in [0.2, 0.25) is 0 Å². The number of hydrogen-bond acceptors (Lipinski definition) is 2. The van der Waals surface area contributed by atoms with Crippen LogP contribution < -0.4 is 5.73 Å². The van der Waals surface area contributed by atoms with Gasteiger partial charge in [-0.1, -0.05) is 13.3 Å². The molecule has 0 aliphatic carbocycles. The lowest BCUT2D eigenvalue weighted by Gasteiger charge is -2.37. The highest BCUT2D eigenvalue weighted by molar-refractivity contribution is 5.75. The van der Waals surface area contributed by atoms with Crippen LogP contribution in [-0.2, 0) is 4.79 Å². The highest BCUT2D eigenvalue weighted by atomic mass is 16.4. The Balaban J connectivity index is 4.75. The predicted octanol–water partition coefficient (Wildman–Crippen LogP) is 1.61. The molecule has 0 saturated heterocycles. The second-order valence-corrected chi connectivity index (χ2v) is 4.11. The summed E-state index contributed by atoms with van der Waals surface area (Å²) in [5, 5.41) is 9.02. The number of hydrogen-bond donors (Lipinski definition) is 2. The largest absolute Gasteiger partial charge is 0.481 e. The van der Waals surface area contributed by atoms with Gasteiger partial charge in [-0.15, -0.1) is 0 Å². The number of aliphatic carboxylic acids is 1. The number of rotatable bonds is 4. The van der Waals surface area contributed by atoms with Gasteiger partial charge in [-0.25, -0.2) is 0 Å². The van der Waals surface area contributed by atoms with Crippen LogP contribution in [0.4, 0.5) is 0 Å². The van der Waals surface area contributed by atoms with Crippen molar-refractivity contribution in [3.05, 3.63) is 0 Å². The summed E-state index contributed by atoms with van der Waals surface area (Å²) in [6.07, 6.45) is 1.45. The van der Waals surface area contributed by atoms with E-state index in [9.17, 15) is 4.79 Å². The molecule has 0 aromatic carbocycles. The van der Waals surface area contributed by atoms with Crippen LogP contribution >= 0.6 is 0 Å². The normalized spacial score (nSPS) is 17.1. The Morgan fingerprint density at radius 1 is 1.42 bits per heavy atom. The van der Waals surface area contributed by atoms with E-state index in [1.165, 1.54) is 0 Å². The van der Waals surface area contributed by atoms with Gasteiger partial charge >= 0.3 is 5.97 Å². The first kappa shape index (κ1) is 11.4. The molecule has 0 aliphatic heterocycles. The summed E-state index contributed by atoms with van der Waals surface area (Å²) < 4.78 is 0. The van der Waals surface area contributed by atoms with Crippen molar-refractivity contribution in [3.63, 3.8) is 0 Å². The minimum Gasteiger partial charge on any atom is -0.481 e. The van der Waals surface area contributed by atoms with Gasteiger partial charge in [0.05, 0.1) is 5.41 Å². The van der Waals surface area contributed by atoms with Crippen LogP contribution in [-0.4, -0.2) is 16.6 Å². The lowest BCUT2D eigenvalue weighted by molar-refractivity contribution is -0.152. The molecule has 0 radical (unpaired) electrons. The molecule has 3 heteroatoms. The Bertz CT molecular complexity index is 172. The zero-order valence-electron chi connectivity index (χ0n) is 8.35. The quantitative estimate of drug-likeness (QED) is 0.679. The first-order chi connectivity index (χ1) is 5.25. The zero-order chi connectivity index (χ0) is 9.99. The molecule has 1 unspecified atom stereocenters. The molecule has 0 aromatic heterocycles. The summed E-state index contributed by atoms with van der Waals surface area (Å²) in [5.41, 5.74) is 4.33. The molecular formula is C9H19NO2. The second kappa shape index (κ2) is 3.44. The molecule has 0 amide bonds. The number of carbonyl (C=O) groups is 1. The van der Waals surface area contributed by atoms with Crippen molar-refractivity contribution in [1.29, 1.82) is 0 Å². The molecular weight excluding hydrogens is 154 g/mol. The second-order valence-electron chi connectivity index (χ2n) is 4.11. The molecule has 1 atom stereocenters. The van der Waals surface area contributed by atoms with Crippen molar-refractivity contribution in [2.45, 2.75) is 46.1 Å². The average molecular weight is 173 g/mol. The Hall–Kier alpha value is -0.570. The van der Waals surface area contributed by atoms with E-state index in [4.69, 9.17) is 10.8 Å². The van der Waals surface area contributed by atoms with Crippen LogP contribution in [0.1, 0.15) is 40.5 Å². The summed E-state index contributed by atoms with van der Waals surface area (Å²) in [6.45, 7) is 7.19. The third-order valence-corrected chi connectivity index (χ3v) is 2.64. The number of carboxylic acid groups (broad SMARTS) is 1. The molecule has 0 bridgehead atoms. The Morgan fingerprint density at radius 3 is 1.92 bits per heavy atom. The molecule has 0 heterocycles. The van der Waals surface area contributed by atoms with Crippen molar-refractivity contribution in [1.82, 2.24) is 0 Å². The first-order valence-corrected chi connectivity index (χ1v) is 4.28. The Morgan fingerprint density at radius 2 is 1.83 bits per heavy atom. The van der Waals surface area contributed by atoms with Crippen LogP contribution in [0.3, 0.4) is 0 Å². The number of nitrogens with two attached hydrogens (primary N) is 1. The van der Waals surface area contributed by atoms with E-state index in [2.05, 4.69) is 0 Å². The predicted molar refractivity (Wildman–Crippen MR) is 48.9 cm³/mol. The minimum absolute atomic E-state index is 0.617. The van der Waals surface area contributed by atoms with Gasteiger partial charge < -0.3 is 10.8 Å². The molecule has 0 aliphatic rings. The van der Waals surface area contributed by atoms with Gasteiger partial charge in [0, 0.05) is 5.54 Å². The topological polar surface area (TPSA) is 63.3 Å². The Labute approximate surface area is 74.0 Å². The van der Waals surface area contributed by atoms with Gasteiger partial charge in [-0.2, -0.15) is 0 Å². The molecule has 0 saturated carbocycles. The van der Waals surface area contributed by atoms with Gasteiger partial charge in [0.15, 0.2) is 0 Å². The molecule has 0 spiro atoms. The summed E-state index contributed by atoms with van der Waals surface area (Å²) in [7, 11) is 0. The lowest BCUT2D eigenvalue weighted by Crippen LogP contribution is -2.53.